The van der Waals surface area contributed by atoms with Gasteiger partial charge in [0.25, 0.3) is 11.6 Å². The van der Waals surface area contributed by atoms with Gasteiger partial charge in [-0.1, -0.05) is 13.8 Å². The van der Waals surface area contributed by atoms with E-state index in [1.165, 1.54) is 36.6 Å². The molecule has 1 atom stereocenters. The third kappa shape index (κ3) is 4.41. The normalized spacial score (nSPS) is 11.8. The fourth-order valence-electron chi connectivity index (χ4n) is 2.41. The molecule has 1 amide bonds. The van der Waals surface area contributed by atoms with Crippen molar-refractivity contribution in [1.82, 2.24) is 20.1 Å². The zero-order valence-corrected chi connectivity index (χ0v) is 14.6. The number of benzene rings is 1. The van der Waals surface area contributed by atoms with Gasteiger partial charge < -0.3 is 10.1 Å². The van der Waals surface area contributed by atoms with Gasteiger partial charge in [0.1, 0.15) is 24.4 Å². The second-order valence-corrected chi connectivity index (χ2v) is 5.98. The molecule has 1 heterocycles. The number of nitrogens with one attached hydrogen (secondary N) is 1. The molecule has 1 aromatic heterocycles. The summed E-state index contributed by atoms with van der Waals surface area (Å²) in [5.41, 5.74) is -0.0735. The number of aromatic nitrogens is 3. The summed E-state index contributed by atoms with van der Waals surface area (Å²) in [7, 11) is 1.24. The number of carbonyl (C=O) groups excluding carboxylic acids is 2. The molecule has 0 saturated heterocycles. The van der Waals surface area contributed by atoms with Gasteiger partial charge in [-0.15, -0.1) is 0 Å². The quantitative estimate of drug-likeness (QED) is 0.449. The topological polar surface area (TPSA) is 129 Å². The summed E-state index contributed by atoms with van der Waals surface area (Å²) in [6, 6.07) is 3.12. The van der Waals surface area contributed by atoms with Crippen molar-refractivity contribution in [3.05, 3.63) is 46.5 Å². The number of nitro groups is 1. The lowest BCUT2D eigenvalue weighted by Crippen LogP contribution is -2.42. The van der Waals surface area contributed by atoms with Crippen molar-refractivity contribution in [1.29, 1.82) is 0 Å². The summed E-state index contributed by atoms with van der Waals surface area (Å²) in [5.74, 6) is -1.03. The number of amides is 1. The van der Waals surface area contributed by atoms with Gasteiger partial charge in [0.15, 0.2) is 0 Å². The van der Waals surface area contributed by atoms with E-state index in [9.17, 15) is 19.7 Å². The molecule has 0 radical (unpaired) electrons. The highest BCUT2D eigenvalue weighted by molar-refractivity contribution is 5.97. The minimum Gasteiger partial charge on any atom is -0.467 e. The molecule has 0 aliphatic carbocycles. The fourth-order valence-corrected chi connectivity index (χ4v) is 2.41. The van der Waals surface area contributed by atoms with Gasteiger partial charge in [-0.25, -0.2) is 14.5 Å². The number of nitrogens with zero attached hydrogens (tertiary/aromatic N) is 4. The van der Waals surface area contributed by atoms with E-state index in [4.69, 9.17) is 4.74 Å². The third-order valence-corrected chi connectivity index (χ3v) is 3.60. The maximum atomic E-state index is 12.5. The van der Waals surface area contributed by atoms with Gasteiger partial charge in [-0.2, -0.15) is 5.10 Å². The summed E-state index contributed by atoms with van der Waals surface area (Å²) < 4.78 is 5.93. The van der Waals surface area contributed by atoms with Crippen LogP contribution in [0.3, 0.4) is 0 Å². The number of carbonyl (C=O) groups is 2. The van der Waals surface area contributed by atoms with Gasteiger partial charge in [0.2, 0.25) is 0 Å². The maximum absolute atomic E-state index is 12.5. The standard InChI is InChI=1S/C16H19N5O5/c1-10(2)6-12(16(23)26-3)19-15(22)11-4-5-13(14(7-11)21(24)25)20-9-17-8-18-20/h4-5,7-10,12H,6H2,1-3H3,(H,19,22). The molecule has 10 heteroatoms. The molecule has 26 heavy (non-hydrogen) atoms. The van der Waals surface area contributed by atoms with Crippen molar-refractivity contribution in [2.75, 3.05) is 7.11 Å². The fraction of sp³-hybridized carbons (Fsp3) is 0.375. The number of methoxy groups -OCH3 is 1. The summed E-state index contributed by atoms with van der Waals surface area (Å²) >= 11 is 0. The average molecular weight is 361 g/mol. The van der Waals surface area contributed by atoms with E-state index < -0.39 is 22.8 Å². The van der Waals surface area contributed by atoms with Crippen LogP contribution >= 0.6 is 0 Å². The van der Waals surface area contributed by atoms with Crippen molar-refractivity contribution < 1.29 is 19.2 Å². The largest absolute Gasteiger partial charge is 0.467 e. The van der Waals surface area contributed by atoms with Crippen molar-refractivity contribution in [3.8, 4) is 5.69 Å². The van der Waals surface area contributed by atoms with Crippen LogP contribution in [0.5, 0.6) is 0 Å². The molecule has 0 spiro atoms. The van der Waals surface area contributed by atoms with Crippen molar-refractivity contribution in [2.45, 2.75) is 26.3 Å². The van der Waals surface area contributed by atoms with E-state index >= 15 is 0 Å². The SMILES string of the molecule is COC(=O)C(CC(C)C)NC(=O)c1ccc(-n2cncn2)c([N+](=O)[O-])c1. The monoisotopic (exact) mass is 361 g/mol. The Hall–Kier alpha value is -3.30. The summed E-state index contributed by atoms with van der Waals surface area (Å²) in [6.45, 7) is 3.81. The van der Waals surface area contributed by atoms with E-state index in [1.54, 1.807) is 0 Å². The van der Waals surface area contributed by atoms with Gasteiger partial charge in [0.05, 0.1) is 12.0 Å². The van der Waals surface area contributed by atoms with Crippen molar-refractivity contribution >= 4 is 17.6 Å². The van der Waals surface area contributed by atoms with Crippen molar-refractivity contribution in [3.63, 3.8) is 0 Å². The summed E-state index contributed by atoms with van der Waals surface area (Å²) in [4.78, 5) is 38.8. The van der Waals surface area contributed by atoms with Crippen LogP contribution in [0.25, 0.3) is 5.69 Å². The Bertz CT molecular complexity index is 803. The molecule has 0 fully saturated rings. The number of esters is 1. The Morgan fingerprint density at radius 2 is 2.12 bits per heavy atom. The van der Waals surface area contributed by atoms with Crippen LogP contribution in [0.2, 0.25) is 0 Å². The molecule has 0 aliphatic heterocycles. The van der Waals surface area contributed by atoms with Gasteiger partial charge >= 0.3 is 5.97 Å². The zero-order valence-electron chi connectivity index (χ0n) is 14.6. The Balaban J connectivity index is 2.30. The Morgan fingerprint density at radius 1 is 1.38 bits per heavy atom. The lowest BCUT2D eigenvalue weighted by molar-refractivity contribution is -0.384. The van der Waals surface area contributed by atoms with Gasteiger partial charge in [-0.05, 0) is 24.5 Å². The molecular formula is C16H19N5O5. The average Bonchev–Trinajstić information content (AvgIpc) is 3.13. The van der Waals surface area contributed by atoms with Crippen LogP contribution in [0.4, 0.5) is 5.69 Å². The van der Waals surface area contributed by atoms with Crippen LogP contribution in [0.15, 0.2) is 30.9 Å². The van der Waals surface area contributed by atoms with Crippen LogP contribution in [0, 0.1) is 16.0 Å². The second kappa shape index (κ2) is 8.19. The molecule has 1 unspecified atom stereocenters. The molecular weight excluding hydrogens is 342 g/mol. The van der Waals surface area contributed by atoms with Crippen LogP contribution in [0.1, 0.15) is 30.6 Å². The number of rotatable bonds is 7. The van der Waals surface area contributed by atoms with Crippen molar-refractivity contribution in [2.24, 2.45) is 5.92 Å². The number of hydrogen-bond acceptors (Lipinski definition) is 7. The number of hydrogen-bond donors (Lipinski definition) is 1. The Labute approximate surface area is 149 Å². The number of nitro benzene ring substituents is 1. The minimum absolute atomic E-state index is 0.0539. The van der Waals surface area contributed by atoms with E-state index in [2.05, 4.69) is 15.4 Å². The maximum Gasteiger partial charge on any atom is 0.328 e. The lowest BCUT2D eigenvalue weighted by Gasteiger charge is -2.18. The molecule has 0 saturated carbocycles. The highest BCUT2D eigenvalue weighted by Crippen LogP contribution is 2.23. The summed E-state index contributed by atoms with van der Waals surface area (Å²) in [5, 5.41) is 17.8. The molecule has 10 nitrogen and oxygen atoms in total. The number of ether oxygens (including phenoxy) is 1. The second-order valence-electron chi connectivity index (χ2n) is 5.98. The third-order valence-electron chi connectivity index (χ3n) is 3.60. The molecule has 0 bridgehead atoms. The molecule has 1 aromatic carbocycles. The van der Waals surface area contributed by atoms with Gasteiger partial charge in [-0.3, -0.25) is 14.9 Å². The zero-order chi connectivity index (χ0) is 19.3. The Kier molecular flexibility index (Phi) is 5.99. The van der Waals surface area contributed by atoms with E-state index in [0.717, 1.165) is 6.07 Å². The Morgan fingerprint density at radius 3 is 2.65 bits per heavy atom. The molecule has 138 valence electrons. The first kappa shape index (κ1) is 19.0. The van der Waals surface area contributed by atoms with E-state index in [-0.39, 0.29) is 22.9 Å². The predicted octanol–water partition coefficient (Wildman–Crippen LogP) is 1.49. The van der Waals surface area contributed by atoms with Gasteiger partial charge in [0, 0.05) is 11.6 Å². The first-order chi connectivity index (χ1) is 12.3. The van der Waals surface area contributed by atoms with E-state index in [0.29, 0.717) is 6.42 Å². The van der Waals surface area contributed by atoms with Crippen LogP contribution < -0.4 is 5.32 Å². The molecule has 2 rings (SSSR count). The molecule has 1 N–H and O–H groups in total. The molecule has 2 aromatic rings. The van der Waals surface area contributed by atoms with Crippen LogP contribution in [-0.2, 0) is 9.53 Å². The highest BCUT2D eigenvalue weighted by atomic mass is 16.6. The first-order valence-corrected chi connectivity index (χ1v) is 7.85. The molecule has 0 aliphatic rings. The minimum atomic E-state index is -0.832. The predicted molar refractivity (Wildman–Crippen MR) is 90.7 cm³/mol. The highest BCUT2D eigenvalue weighted by Gasteiger charge is 2.25. The van der Waals surface area contributed by atoms with E-state index in [1.807, 2.05) is 13.8 Å². The van der Waals surface area contributed by atoms with Crippen LogP contribution in [-0.4, -0.2) is 44.7 Å². The smallest absolute Gasteiger partial charge is 0.328 e. The lowest BCUT2D eigenvalue weighted by atomic mass is 10.0. The summed E-state index contributed by atoms with van der Waals surface area (Å²) in [6.07, 6.45) is 2.95. The first-order valence-electron chi connectivity index (χ1n) is 7.85.